The van der Waals surface area contributed by atoms with Crippen LogP contribution in [0.25, 0.3) is 0 Å². The molecule has 0 aromatic heterocycles. The molecule has 0 heterocycles. The van der Waals surface area contributed by atoms with E-state index in [2.05, 4.69) is 21.2 Å². The van der Waals surface area contributed by atoms with E-state index in [-0.39, 0.29) is 17.5 Å². The van der Waals surface area contributed by atoms with Gasteiger partial charge in [0.05, 0.1) is 17.5 Å². The molecule has 32 heavy (non-hydrogen) atoms. The molecule has 0 saturated carbocycles. The summed E-state index contributed by atoms with van der Waals surface area (Å²) in [5.74, 6) is -2.42. The molecule has 0 atom stereocenters. The number of nitrogens with zero attached hydrogens (tertiary/aromatic N) is 1. The molecule has 0 aliphatic carbocycles. The summed E-state index contributed by atoms with van der Waals surface area (Å²) in [5, 5.41) is 8.25. The monoisotopic (exact) mass is 450 g/mol. The van der Waals surface area contributed by atoms with Crippen LogP contribution >= 0.6 is 0 Å². The van der Waals surface area contributed by atoms with E-state index in [1.165, 1.54) is 24.4 Å². The van der Waals surface area contributed by atoms with Crippen molar-refractivity contribution in [3.8, 4) is 5.75 Å². The zero-order valence-corrected chi connectivity index (χ0v) is 17.2. The summed E-state index contributed by atoms with van der Waals surface area (Å²) in [5.41, 5.74) is 1.06. The van der Waals surface area contributed by atoms with Crippen LogP contribution in [0.1, 0.15) is 25.0 Å². The van der Waals surface area contributed by atoms with E-state index in [9.17, 15) is 27.6 Å². The van der Waals surface area contributed by atoms with Gasteiger partial charge in [-0.25, -0.2) is 5.43 Å². The molecule has 0 fully saturated rings. The van der Waals surface area contributed by atoms with Crippen molar-refractivity contribution in [2.75, 3.05) is 11.9 Å². The predicted molar refractivity (Wildman–Crippen MR) is 111 cm³/mol. The first-order chi connectivity index (χ1) is 15.1. The molecule has 3 N–H and O–H groups in total. The smallest absolute Gasteiger partial charge is 0.418 e. The van der Waals surface area contributed by atoms with Gasteiger partial charge in [0.1, 0.15) is 5.75 Å². The highest BCUT2D eigenvalue weighted by molar-refractivity contribution is 6.35. The highest BCUT2D eigenvalue weighted by atomic mass is 19.4. The maximum Gasteiger partial charge on any atom is 0.418 e. The molecule has 0 spiro atoms. The molecule has 11 heteroatoms. The molecule has 0 bridgehead atoms. The second kappa shape index (κ2) is 10.9. The van der Waals surface area contributed by atoms with Crippen LogP contribution in [-0.4, -0.2) is 36.6 Å². The minimum atomic E-state index is -4.62. The largest absolute Gasteiger partial charge is 0.483 e. The Morgan fingerprint density at radius 2 is 1.69 bits per heavy atom. The Hall–Kier alpha value is -3.89. The lowest BCUT2D eigenvalue weighted by atomic mass is 10.1. The van der Waals surface area contributed by atoms with Crippen molar-refractivity contribution >= 4 is 29.6 Å². The van der Waals surface area contributed by atoms with Crippen LogP contribution in [0, 0.1) is 0 Å². The second-order valence-corrected chi connectivity index (χ2v) is 6.75. The molecule has 0 aliphatic heterocycles. The fourth-order valence-electron chi connectivity index (χ4n) is 2.43. The van der Waals surface area contributed by atoms with Gasteiger partial charge in [-0.1, -0.05) is 24.3 Å². The van der Waals surface area contributed by atoms with E-state index >= 15 is 0 Å². The van der Waals surface area contributed by atoms with Gasteiger partial charge in [-0.2, -0.15) is 18.3 Å². The van der Waals surface area contributed by atoms with Gasteiger partial charge in [0.15, 0.2) is 6.61 Å². The molecule has 3 amide bonds. The quantitative estimate of drug-likeness (QED) is 0.342. The first kappa shape index (κ1) is 24.4. The van der Waals surface area contributed by atoms with Gasteiger partial charge in [0.25, 0.3) is 5.91 Å². The first-order valence-corrected chi connectivity index (χ1v) is 9.39. The minimum absolute atomic E-state index is 0.191. The summed E-state index contributed by atoms with van der Waals surface area (Å²) < 4.78 is 44.5. The fourth-order valence-corrected chi connectivity index (χ4v) is 2.43. The molecule has 170 valence electrons. The van der Waals surface area contributed by atoms with Gasteiger partial charge in [-0.15, -0.1) is 0 Å². The lowest BCUT2D eigenvalue weighted by molar-refractivity contribution is -0.139. The Kier molecular flexibility index (Phi) is 8.33. The maximum atomic E-state index is 13.0. The summed E-state index contributed by atoms with van der Waals surface area (Å²) in [4.78, 5) is 35.3. The van der Waals surface area contributed by atoms with Crippen molar-refractivity contribution in [2.45, 2.75) is 26.1 Å². The number of hydrogen-bond donors (Lipinski definition) is 3. The Bertz CT molecular complexity index is 1010. The lowest BCUT2D eigenvalue weighted by Crippen LogP contribution is -2.41. The third kappa shape index (κ3) is 7.42. The Morgan fingerprint density at radius 3 is 2.38 bits per heavy atom. The van der Waals surface area contributed by atoms with Crippen molar-refractivity contribution in [2.24, 2.45) is 5.10 Å². The van der Waals surface area contributed by atoms with Gasteiger partial charge < -0.3 is 15.4 Å². The topological polar surface area (TPSA) is 109 Å². The van der Waals surface area contributed by atoms with E-state index in [4.69, 9.17) is 4.74 Å². The summed E-state index contributed by atoms with van der Waals surface area (Å²) in [6, 6.07) is 10.7. The molecule has 0 saturated heterocycles. The molecule has 2 aromatic rings. The first-order valence-electron chi connectivity index (χ1n) is 9.39. The van der Waals surface area contributed by atoms with Gasteiger partial charge in [0, 0.05) is 11.6 Å². The summed E-state index contributed by atoms with van der Waals surface area (Å²) in [6.07, 6.45) is -3.42. The molecule has 8 nitrogen and oxygen atoms in total. The van der Waals surface area contributed by atoms with Crippen LogP contribution in [-0.2, 0) is 20.6 Å². The molecule has 0 unspecified atom stereocenters. The molecule has 2 rings (SSSR count). The number of rotatable bonds is 7. The third-order valence-corrected chi connectivity index (χ3v) is 3.78. The van der Waals surface area contributed by atoms with Crippen molar-refractivity contribution in [3.63, 3.8) is 0 Å². The Balaban J connectivity index is 1.98. The maximum absolute atomic E-state index is 13.0. The molecule has 2 aromatic carbocycles. The highest BCUT2D eigenvalue weighted by Gasteiger charge is 2.33. The summed E-state index contributed by atoms with van der Waals surface area (Å²) >= 11 is 0. The number of alkyl halides is 3. The zero-order chi connectivity index (χ0) is 23.7. The average Bonchev–Trinajstić information content (AvgIpc) is 2.72. The summed E-state index contributed by atoms with van der Waals surface area (Å²) in [6.45, 7) is 2.82. The van der Waals surface area contributed by atoms with Crippen LogP contribution in [0.5, 0.6) is 5.75 Å². The van der Waals surface area contributed by atoms with Crippen LogP contribution in [0.4, 0.5) is 18.9 Å². The zero-order valence-electron chi connectivity index (χ0n) is 17.2. The standard InChI is InChI=1S/C21H21F3N4O4/c1-13(2)26-19(30)20(31)28-25-11-14-7-3-6-10-17(14)32-12-18(29)27-16-9-5-4-8-15(16)21(22,23)24/h3-11,13H,12H2,1-2H3,(H,26,30)(H,27,29)(H,28,31)/b25-11-. The van der Waals surface area contributed by atoms with Crippen molar-refractivity contribution < 1.29 is 32.3 Å². The van der Waals surface area contributed by atoms with Gasteiger partial charge in [-0.3, -0.25) is 14.4 Å². The van der Waals surface area contributed by atoms with Crippen LogP contribution in [0.3, 0.4) is 0 Å². The lowest BCUT2D eigenvalue weighted by Gasteiger charge is -2.14. The third-order valence-electron chi connectivity index (χ3n) is 3.78. The van der Waals surface area contributed by atoms with Crippen molar-refractivity contribution in [1.82, 2.24) is 10.7 Å². The van der Waals surface area contributed by atoms with E-state index in [1.54, 1.807) is 32.0 Å². The van der Waals surface area contributed by atoms with E-state index in [1.807, 2.05) is 0 Å². The van der Waals surface area contributed by atoms with Crippen molar-refractivity contribution in [1.29, 1.82) is 0 Å². The Labute approximate surface area is 181 Å². The summed E-state index contributed by atoms with van der Waals surface area (Å²) in [7, 11) is 0. The fraction of sp³-hybridized carbons (Fsp3) is 0.238. The number of amides is 3. The highest BCUT2D eigenvalue weighted by Crippen LogP contribution is 2.34. The molecule has 0 aliphatic rings. The van der Waals surface area contributed by atoms with E-state index < -0.39 is 36.1 Å². The van der Waals surface area contributed by atoms with Gasteiger partial charge >= 0.3 is 18.0 Å². The number of carbonyl (C=O) groups excluding carboxylic acids is 3. The van der Waals surface area contributed by atoms with Crippen LogP contribution in [0.2, 0.25) is 0 Å². The number of ether oxygens (including phenoxy) is 1. The SMILES string of the molecule is CC(C)NC(=O)C(=O)N/N=C\c1ccccc1OCC(=O)Nc1ccccc1C(F)(F)F. The number of benzene rings is 2. The van der Waals surface area contributed by atoms with Crippen LogP contribution < -0.4 is 20.8 Å². The number of nitrogens with one attached hydrogen (secondary N) is 3. The number of halogens is 3. The number of hydrogen-bond acceptors (Lipinski definition) is 5. The minimum Gasteiger partial charge on any atom is -0.483 e. The van der Waals surface area contributed by atoms with E-state index in [0.29, 0.717) is 5.56 Å². The molecule has 0 radical (unpaired) electrons. The van der Waals surface area contributed by atoms with Crippen LogP contribution in [0.15, 0.2) is 53.6 Å². The number of carbonyl (C=O) groups is 3. The van der Waals surface area contributed by atoms with Gasteiger partial charge in [0.2, 0.25) is 0 Å². The number of para-hydroxylation sites is 2. The molecular formula is C21H21F3N4O4. The average molecular weight is 450 g/mol. The normalized spacial score (nSPS) is 11.3. The molecular weight excluding hydrogens is 429 g/mol. The second-order valence-electron chi connectivity index (χ2n) is 6.75. The van der Waals surface area contributed by atoms with Crippen molar-refractivity contribution in [3.05, 3.63) is 59.7 Å². The Morgan fingerprint density at radius 1 is 1.03 bits per heavy atom. The van der Waals surface area contributed by atoms with E-state index in [0.717, 1.165) is 12.1 Å². The van der Waals surface area contributed by atoms with Gasteiger partial charge in [-0.05, 0) is 38.1 Å². The predicted octanol–water partition coefficient (Wildman–Crippen LogP) is 2.70. The number of hydrazone groups is 1. The number of anilines is 1.